The van der Waals surface area contributed by atoms with Crippen molar-refractivity contribution in [2.24, 2.45) is 0 Å². The van der Waals surface area contributed by atoms with Crippen molar-refractivity contribution < 1.29 is 4.79 Å². The second-order valence-electron chi connectivity index (χ2n) is 6.03. The zero-order chi connectivity index (χ0) is 18.7. The average Bonchev–Trinajstić information content (AvgIpc) is 2.66. The number of rotatable bonds is 5. The Morgan fingerprint density at radius 2 is 1.65 bits per heavy atom. The number of fused-ring (bicyclic) bond motifs is 1. The van der Waals surface area contributed by atoms with Gasteiger partial charge in [-0.15, -0.1) is 0 Å². The van der Waals surface area contributed by atoms with E-state index in [4.69, 9.17) is 0 Å². The topological polar surface area (TPSA) is 73.1 Å². The fourth-order valence-corrected chi connectivity index (χ4v) is 2.97. The van der Waals surface area contributed by atoms with E-state index in [1.54, 1.807) is 31.2 Å². The molecule has 6 nitrogen and oxygen atoms in total. The van der Waals surface area contributed by atoms with Crippen LogP contribution in [-0.4, -0.2) is 15.0 Å². The molecule has 0 bridgehead atoms. The predicted molar refractivity (Wildman–Crippen MR) is 103 cm³/mol. The zero-order valence-corrected chi connectivity index (χ0v) is 14.9. The Bertz CT molecular complexity index is 1060. The van der Waals surface area contributed by atoms with Crippen molar-refractivity contribution in [1.29, 1.82) is 0 Å². The number of hydrogen-bond donors (Lipinski definition) is 1. The summed E-state index contributed by atoms with van der Waals surface area (Å²) in [5.41, 5.74) is 1.50. The van der Waals surface area contributed by atoms with E-state index < -0.39 is 5.69 Å². The zero-order valence-electron chi connectivity index (χ0n) is 14.9. The Kier molecular flexibility index (Phi) is 5.02. The molecular formula is C20H21N3O3. The van der Waals surface area contributed by atoms with Gasteiger partial charge in [0.15, 0.2) is 0 Å². The standard InChI is InChI=1S/C20H21N3O3/c1-3-14-9-11-15(12-10-14)21-18(24)13-23-17-8-6-5-7-16(17)19(25)22(4-2)20(23)26/h5-12H,3-4,13H2,1-2H3,(H,21,24). The van der Waals surface area contributed by atoms with Gasteiger partial charge in [-0.05, 0) is 43.2 Å². The van der Waals surface area contributed by atoms with E-state index in [1.807, 2.05) is 24.3 Å². The van der Waals surface area contributed by atoms with Gasteiger partial charge >= 0.3 is 5.69 Å². The molecule has 1 amide bonds. The number of para-hydroxylation sites is 1. The van der Waals surface area contributed by atoms with Crippen LogP contribution in [0.2, 0.25) is 0 Å². The summed E-state index contributed by atoms with van der Waals surface area (Å²) >= 11 is 0. The molecule has 6 heteroatoms. The molecule has 1 N–H and O–H groups in total. The summed E-state index contributed by atoms with van der Waals surface area (Å²) in [5.74, 6) is -0.317. The first-order valence-corrected chi connectivity index (χ1v) is 8.66. The summed E-state index contributed by atoms with van der Waals surface area (Å²) in [6.45, 7) is 3.89. The molecule has 0 aliphatic carbocycles. The molecule has 0 atom stereocenters. The summed E-state index contributed by atoms with van der Waals surface area (Å²) in [7, 11) is 0. The van der Waals surface area contributed by atoms with E-state index in [9.17, 15) is 14.4 Å². The summed E-state index contributed by atoms with van der Waals surface area (Å²) in [5, 5.41) is 3.22. The second kappa shape index (κ2) is 7.39. The molecule has 0 spiro atoms. The van der Waals surface area contributed by atoms with Gasteiger partial charge in [-0.25, -0.2) is 4.79 Å². The van der Waals surface area contributed by atoms with Crippen molar-refractivity contribution in [2.45, 2.75) is 33.4 Å². The molecular weight excluding hydrogens is 330 g/mol. The van der Waals surface area contributed by atoms with Crippen molar-refractivity contribution in [3.05, 3.63) is 74.9 Å². The molecule has 1 aromatic heterocycles. The molecule has 3 rings (SSSR count). The number of hydrogen-bond acceptors (Lipinski definition) is 3. The first-order chi connectivity index (χ1) is 12.5. The molecule has 0 aliphatic rings. The molecule has 0 fully saturated rings. The lowest BCUT2D eigenvalue weighted by atomic mass is 10.1. The van der Waals surface area contributed by atoms with E-state index in [1.165, 1.54) is 10.1 Å². The third-order valence-electron chi connectivity index (χ3n) is 4.40. The number of nitrogens with one attached hydrogen (secondary N) is 1. The Hall–Kier alpha value is -3.15. The van der Waals surface area contributed by atoms with Crippen LogP contribution < -0.4 is 16.6 Å². The van der Waals surface area contributed by atoms with Crippen LogP contribution in [0.4, 0.5) is 5.69 Å². The highest BCUT2D eigenvalue weighted by Gasteiger charge is 2.14. The maximum atomic E-state index is 12.7. The first-order valence-electron chi connectivity index (χ1n) is 8.66. The SMILES string of the molecule is CCc1ccc(NC(=O)Cn2c(=O)n(CC)c(=O)c3ccccc32)cc1. The van der Waals surface area contributed by atoms with Crippen LogP contribution in [0.25, 0.3) is 10.9 Å². The van der Waals surface area contributed by atoms with Crippen molar-refractivity contribution in [2.75, 3.05) is 5.32 Å². The third-order valence-corrected chi connectivity index (χ3v) is 4.40. The van der Waals surface area contributed by atoms with Gasteiger partial charge in [-0.1, -0.05) is 31.2 Å². The minimum atomic E-state index is -0.479. The molecule has 0 radical (unpaired) electrons. The quantitative estimate of drug-likeness (QED) is 0.767. The average molecular weight is 351 g/mol. The van der Waals surface area contributed by atoms with Gasteiger partial charge in [-0.3, -0.25) is 18.7 Å². The predicted octanol–water partition coefficient (Wildman–Crippen LogP) is 2.38. The van der Waals surface area contributed by atoms with Crippen molar-refractivity contribution in [3.8, 4) is 0 Å². The molecule has 0 saturated carbocycles. The molecule has 0 saturated heterocycles. The number of amides is 1. The van der Waals surface area contributed by atoms with Crippen LogP contribution in [0.5, 0.6) is 0 Å². The molecule has 1 heterocycles. The van der Waals surface area contributed by atoms with Crippen LogP contribution in [-0.2, 0) is 24.3 Å². The highest BCUT2D eigenvalue weighted by atomic mass is 16.2. The van der Waals surface area contributed by atoms with Crippen LogP contribution in [0, 0.1) is 0 Å². The molecule has 134 valence electrons. The van der Waals surface area contributed by atoms with E-state index in [0.29, 0.717) is 16.6 Å². The lowest BCUT2D eigenvalue weighted by Gasteiger charge is -2.13. The number of carbonyl (C=O) groups excluding carboxylic acids is 1. The van der Waals surface area contributed by atoms with Gasteiger partial charge in [-0.2, -0.15) is 0 Å². The van der Waals surface area contributed by atoms with E-state index in [-0.39, 0.29) is 24.6 Å². The molecule has 3 aromatic rings. The van der Waals surface area contributed by atoms with Gasteiger partial charge in [0.05, 0.1) is 10.9 Å². The largest absolute Gasteiger partial charge is 0.331 e. The van der Waals surface area contributed by atoms with Gasteiger partial charge in [0.1, 0.15) is 6.54 Å². The van der Waals surface area contributed by atoms with E-state index in [2.05, 4.69) is 12.2 Å². The maximum absolute atomic E-state index is 12.7. The lowest BCUT2D eigenvalue weighted by Crippen LogP contribution is -2.41. The lowest BCUT2D eigenvalue weighted by molar-refractivity contribution is -0.116. The van der Waals surface area contributed by atoms with Crippen LogP contribution >= 0.6 is 0 Å². The van der Waals surface area contributed by atoms with Crippen LogP contribution in [0.1, 0.15) is 19.4 Å². The van der Waals surface area contributed by atoms with E-state index >= 15 is 0 Å². The number of carbonyl (C=O) groups is 1. The number of aryl methyl sites for hydroxylation is 1. The smallest absolute Gasteiger partial charge is 0.325 e. The molecule has 2 aromatic carbocycles. The van der Waals surface area contributed by atoms with Crippen molar-refractivity contribution in [1.82, 2.24) is 9.13 Å². The first kappa shape index (κ1) is 17.7. The molecule has 0 unspecified atom stereocenters. The highest BCUT2D eigenvalue weighted by Crippen LogP contribution is 2.11. The van der Waals surface area contributed by atoms with Gasteiger partial charge in [0, 0.05) is 12.2 Å². The van der Waals surface area contributed by atoms with Crippen LogP contribution in [0.15, 0.2) is 58.1 Å². The second-order valence-corrected chi connectivity index (χ2v) is 6.03. The molecule has 0 aliphatic heterocycles. The molecule has 26 heavy (non-hydrogen) atoms. The number of benzene rings is 2. The summed E-state index contributed by atoms with van der Waals surface area (Å²) in [4.78, 5) is 37.5. The summed E-state index contributed by atoms with van der Waals surface area (Å²) < 4.78 is 2.49. The summed E-state index contributed by atoms with van der Waals surface area (Å²) in [6, 6.07) is 14.4. The number of aromatic nitrogens is 2. The minimum Gasteiger partial charge on any atom is -0.325 e. The Morgan fingerprint density at radius 3 is 2.31 bits per heavy atom. The van der Waals surface area contributed by atoms with Crippen LogP contribution in [0.3, 0.4) is 0 Å². The fraction of sp³-hybridized carbons (Fsp3) is 0.250. The van der Waals surface area contributed by atoms with E-state index in [0.717, 1.165) is 11.0 Å². The normalized spacial score (nSPS) is 10.8. The number of nitrogens with zero attached hydrogens (tertiary/aromatic N) is 2. The third kappa shape index (κ3) is 3.31. The van der Waals surface area contributed by atoms with Gasteiger partial charge < -0.3 is 5.32 Å². The summed E-state index contributed by atoms with van der Waals surface area (Å²) in [6.07, 6.45) is 0.925. The Balaban J connectivity index is 1.96. The Morgan fingerprint density at radius 1 is 0.962 bits per heavy atom. The van der Waals surface area contributed by atoms with Crippen molar-refractivity contribution in [3.63, 3.8) is 0 Å². The monoisotopic (exact) mass is 351 g/mol. The fourth-order valence-electron chi connectivity index (χ4n) is 2.97. The highest BCUT2D eigenvalue weighted by molar-refractivity contribution is 5.91. The maximum Gasteiger partial charge on any atom is 0.331 e. The van der Waals surface area contributed by atoms with Crippen molar-refractivity contribution >= 4 is 22.5 Å². The van der Waals surface area contributed by atoms with Gasteiger partial charge in [0.25, 0.3) is 5.56 Å². The number of anilines is 1. The Labute approximate surface area is 150 Å². The minimum absolute atomic E-state index is 0.158. The van der Waals surface area contributed by atoms with Gasteiger partial charge in [0.2, 0.25) is 5.91 Å².